The van der Waals surface area contributed by atoms with Gasteiger partial charge in [-0.25, -0.2) is 9.97 Å². The molecule has 2 aromatic heterocycles. The van der Waals surface area contributed by atoms with Crippen molar-refractivity contribution in [3.05, 3.63) is 52.3 Å². The van der Waals surface area contributed by atoms with Gasteiger partial charge in [-0.1, -0.05) is 31.5 Å². The summed E-state index contributed by atoms with van der Waals surface area (Å²) in [5, 5.41) is 1.05. The minimum Gasteiger partial charge on any atom is -0.308 e. The van der Waals surface area contributed by atoms with E-state index in [1.807, 2.05) is 49.1 Å². The molecule has 0 atom stereocenters. The smallest absolute Gasteiger partial charge is 0.268 e. The van der Waals surface area contributed by atoms with Gasteiger partial charge in [0.15, 0.2) is 0 Å². The number of hydrogen-bond acceptors (Lipinski definition) is 4. The van der Waals surface area contributed by atoms with Crippen LogP contribution in [-0.2, 0) is 0 Å². The molecular weight excluding hydrogens is 354 g/mol. The minimum atomic E-state index is 0.0718. The Balaban J connectivity index is 1.76. The topological polar surface area (TPSA) is 46.1 Å². The summed E-state index contributed by atoms with van der Waals surface area (Å²) in [4.78, 5) is 26.6. The first-order valence-electron chi connectivity index (χ1n) is 9.74. The van der Waals surface area contributed by atoms with E-state index < -0.39 is 0 Å². The lowest BCUT2D eigenvalue weighted by Crippen LogP contribution is -2.31. The SMILES string of the molecule is CCCCN(C(=O)c1sc2nc(C3CC3)nc(C)c2c1C)c1ccccc1. The van der Waals surface area contributed by atoms with Gasteiger partial charge in [0.2, 0.25) is 0 Å². The van der Waals surface area contributed by atoms with E-state index in [2.05, 4.69) is 6.92 Å². The predicted octanol–water partition coefficient (Wildman–Crippen LogP) is 5.63. The number of carbonyl (C=O) groups excluding carboxylic acids is 1. The number of benzene rings is 1. The monoisotopic (exact) mass is 379 g/mol. The van der Waals surface area contributed by atoms with Gasteiger partial charge in [0.25, 0.3) is 5.91 Å². The Morgan fingerprint density at radius 1 is 1.19 bits per heavy atom. The number of hydrogen-bond donors (Lipinski definition) is 0. The first-order valence-corrected chi connectivity index (χ1v) is 10.6. The molecular formula is C22H25N3OS. The van der Waals surface area contributed by atoms with Crippen LogP contribution in [0.2, 0.25) is 0 Å². The average Bonchev–Trinajstić information content (AvgIpc) is 3.46. The Morgan fingerprint density at radius 3 is 2.59 bits per heavy atom. The molecule has 2 heterocycles. The molecule has 4 rings (SSSR count). The number of unbranched alkanes of at least 4 members (excludes halogenated alkanes) is 1. The maximum Gasteiger partial charge on any atom is 0.268 e. The zero-order valence-corrected chi connectivity index (χ0v) is 17.0. The average molecular weight is 380 g/mol. The van der Waals surface area contributed by atoms with E-state index in [1.54, 1.807) is 0 Å². The Kier molecular flexibility index (Phi) is 4.96. The molecule has 27 heavy (non-hydrogen) atoms. The number of aryl methyl sites for hydroxylation is 2. The van der Waals surface area contributed by atoms with Crippen molar-refractivity contribution in [3.8, 4) is 0 Å². The standard InChI is InChI=1S/C22H25N3OS/c1-4-5-13-25(17-9-7-6-8-10-17)22(26)19-14(2)18-15(3)23-20(16-11-12-16)24-21(18)27-19/h6-10,16H,4-5,11-13H2,1-3H3. The Bertz CT molecular complexity index is 976. The molecule has 4 nitrogen and oxygen atoms in total. The number of thiophene rings is 1. The number of fused-ring (bicyclic) bond motifs is 1. The molecule has 0 radical (unpaired) electrons. The van der Waals surface area contributed by atoms with Crippen LogP contribution in [0.25, 0.3) is 10.2 Å². The molecule has 0 spiro atoms. The highest BCUT2D eigenvalue weighted by molar-refractivity contribution is 7.20. The van der Waals surface area contributed by atoms with E-state index in [0.29, 0.717) is 5.92 Å². The number of carbonyl (C=O) groups is 1. The van der Waals surface area contributed by atoms with Crippen LogP contribution in [-0.4, -0.2) is 22.4 Å². The maximum atomic E-state index is 13.5. The molecule has 0 aliphatic heterocycles. The van der Waals surface area contributed by atoms with Crippen molar-refractivity contribution in [2.45, 2.75) is 52.4 Å². The largest absolute Gasteiger partial charge is 0.308 e. The Labute approximate surface area is 164 Å². The first kappa shape index (κ1) is 18.1. The summed E-state index contributed by atoms with van der Waals surface area (Å²) in [5.41, 5.74) is 2.96. The molecule has 1 aromatic carbocycles. The third-order valence-electron chi connectivity index (χ3n) is 5.17. The van der Waals surface area contributed by atoms with Gasteiger partial charge in [0, 0.05) is 23.5 Å². The lowest BCUT2D eigenvalue weighted by Gasteiger charge is -2.22. The highest BCUT2D eigenvalue weighted by atomic mass is 32.1. The highest BCUT2D eigenvalue weighted by Crippen LogP contribution is 2.40. The lowest BCUT2D eigenvalue weighted by molar-refractivity contribution is 0.0990. The van der Waals surface area contributed by atoms with E-state index in [9.17, 15) is 4.79 Å². The fourth-order valence-electron chi connectivity index (χ4n) is 3.48. The van der Waals surface area contributed by atoms with Crippen LogP contribution in [0.4, 0.5) is 5.69 Å². The number of amides is 1. The molecule has 1 aliphatic rings. The number of aromatic nitrogens is 2. The van der Waals surface area contributed by atoms with E-state index in [1.165, 1.54) is 24.2 Å². The highest BCUT2D eigenvalue weighted by Gasteiger charge is 2.29. The van der Waals surface area contributed by atoms with Crippen molar-refractivity contribution in [2.24, 2.45) is 0 Å². The third-order valence-corrected chi connectivity index (χ3v) is 6.35. The molecule has 0 bridgehead atoms. The Hall–Kier alpha value is -2.27. The number of rotatable bonds is 6. The fraction of sp³-hybridized carbons (Fsp3) is 0.409. The zero-order chi connectivity index (χ0) is 19.0. The third kappa shape index (κ3) is 3.48. The molecule has 0 unspecified atom stereocenters. The zero-order valence-electron chi connectivity index (χ0n) is 16.2. The van der Waals surface area contributed by atoms with Crippen LogP contribution in [0.1, 0.15) is 65.3 Å². The van der Waals surface area contributed by atoms with E-state index >= 15 is 0 Å². The summed E-state index contributed by atoms with van der Waals surface area (Å²) in [5.74, 6) is 1.54. The van der Waals surface area contributed by atoms with E-state index in [4.69, 9.17) is 9.97 Å². The predicted molar refractivity (Wildman–Crippen MR) is 112 cm³/mol. The maximum absolute atomic E-state index is 13.5. The lowest BCUT2D eigenvalue weighted by atomic mass is 10.1. The van der Waals surface area contributed by atoms with Gasteiger partial charge in [-0.15, -0.1) is 11.3 Å². The van der Waals surface area contributed by atoms with Gasteiger partial charge in [0.1, 0.15) is 10.7 Å². The second-order valence-corrected chi connectivity index (χ2v) is 8.32. The van der Waals surface area contributed by atoms with E-state index in [0.717, 1.165) is 57.2 Å². The molecule has 1 fully saturated rings. The van der Waals surface area contributed by atoms with Crippen molar-refractivity contribution in [1.82, 2.24) is 9.97 Å². The molecule has 5 heteroatoms. The summed E-state index contributed by atoms with van der Waals surface area (Å²) < 4.78 is 0. The molecule has 1 saturated carbocycles. The van der Waals surface area contributed by atoms with Crippen molar-refractivity contribution in [2.75, 3.05) is 11.4 Å². The molecule has 1 amide bonds. The fourth-order valence-corrected chi connectivity index (χ4v) is 4.67. The Morgan fingerprint density at radius 2 is 1.93 bits per heavy atom. The van der Waals surface area contributed by atoms with Crippen molar-refractivity contribution < 1.29 is 4.79 Å². The number of nitrogens with zero attached hydrogens (tertiary/aromatic N) is 3. The van der Waals surface area contributed by atoms with Crippen LogP contribution in [0, 0.1) is 13.8 Å². The van der Waals surface area contributed by atoms with Gasteiger partial charge in [-0.05, 0) is 50.8 Å². The van der Waals surface area contributed by atoms with Crippen LogP contribution in [0.3, 0.4) is 0 Å². The molecule has 3 aromatic rings. The summed E-state index contributed by atoms with van der Waals surface area (Å²) in [6.45, 7) is 6.94. The van der Waals surface area contributed by atoms with Crippen LogP contribution >= 0.6 is 11.3 Å². The van der Waals surface area contributed by atoms with E-state index in [-0.39, 0.29) is 5.91 Å². The summed E-state index contributed by atoms with van der Waals surface area (Å²) >= 11 is 1.52. The van der Waals surface area contributed by atoms with Gasteiger partial charge in [-0.3, -0.25) is 4.79 Å². The second-order valence-electron chi connectivity index (χ2n) is 7.32. The minimum absolute atomic E-state index is 0.0718. The molecule has 1 aliphatic carbocycles. The van der Waals surface area contributed by atoms with Gasteiger partial charge < -0.3 is 4.90 Å². The summed E-state index contributed by atoms with van der Waals surface area (Å²) in [7, 11) is 0. The number of anilines is 1. The van der Waals surface area contributed by atoms with Crippen molar-refractivity contribution >= 4 is 33.1 Å². The molecule has 140 valence electrons. The normalized spacial score (nSPS) is 13.9. The van der Waals surface area contributed by atoms with Crippen molar-refractivity contribution in [1.29, 1.82) is 0 Å². The summed E-state index contributed by atoms with van der Waals surface area (Å²) in [6.07, 6.45) is 4.40. The molecule has 0 saturated heterocycles. The second kappa shape index (κ2) is 7.39. The van der Waals surface area contributed by atoms with Crippen LogP contribution in [0.15, 0.2) is 30.3 Å². The van der Waals surface area contributed by atoms with Gasteiger partial charge in [0.05, 0.1) is 10.6 Å². The van der Waals surface area contributed by atoms with Crippen LogP contribution in [0.5, 0.6) is 0 Å². The van der Waals surface area contributed by atoms with Crippen LogP contribution < -0.4 is 4.90 Å². The molecule has 0 N–H and O–H groups in total. The number of para-hydroxylation sites is 1. The van der Waals surface area contributed by atoms with Crippen molar-refractivity contribution in [3.63, 3.8) is 0 Å². The summed E-state index contributed by atoms with van der Waals surface area (Å²) in [6, 6.07) is 9.96. The van der Waals surface area contributed by atoms with Gasteiger partial charge in [-0.2, -0.15) is 0 Å². The first-order chi connectivity index (χ1) is 13.1. The van der Waals surface area contributed by atoms with Gasteiger partial charge >= 0.3 is 0 Å². The quantitative estimate of drug-likeness (QED) is 0.557.